The highest BCUT2D eigenvalue weighted by atomic mass is 32.1. The van der Waals surface area contributed by atoms with Gasteiger partial charge in [0.15, 0.2) is 5.13 Å². The molecule has 2 aliphatic rings. The summed E-state index contributed by atoms with van der Waals surface area (Å²) in [6.45, 7) is 6.17. The molecule has 1 atom stereocenters. The van der Waals surface area contributed by atoms with Crippen LogP contribution in [0.2, 0.25) is 0 Å². The Morgan fingerprint density at radius 2 is 2.09 bits per heavy atom. The lowest BCUT2D eigenvalue weighted by molar-refractivity contribution is 0.0900. The zero-order chi connectivity index (χ0) is 24.0. The fourth-order valence-corrected chi connectivity index (χ4v) is 6.08. The molecule has 6 rings (SSSR count). The minimum atomic E-state index is -0.265. The van der Waals surface area contributed by atoms with Crippen LogP contribution in [0.25, 0.3) is 10.9 Å². The average Bonchev–Trinajstić information content (AvgIpc) is 3.46. The Balaban J connectivity index is 1.21. The Hall–Kier alpha value is -3.36. The first-order chi connectivity index (χ1) is 16.9. The van der Waals surface area contributed by atoms with Crippen molar-refractivity contribution in [2.75, 3.05) is 30.0 Å². The third kappa shape index (κ3) is 4.51. The Bertz CT molecular complexity index is 1390. The summed E-state index contributed by atoms with van der Waals surface area (Å²) in [6.07, 6.45) is 3.55. The number of carbonyl (C=O) groups excluding carboxylic acids is 1. The summed E-state index contributed by atoms with van der Waals surface area (Å²) >= 11 is 1.50. The van der Waals surface area contributed by atoms with Gasteiger partial charge in [-0.1, -0.05) is 23.5 Å². The van der Waals surface area contributed by atoms with Gasteiger partial charge in [0, 0.05) is 47.0 Å². The molecule has 0 saturated carbocycles. The third-order valence-corrected chi connectivity index (χ3v) is 7.80. The molecule has 2 aliphatic heterocycles. The molecule has 4 aromatic rings. The molecule has 1 fully saturated rings. The van der Waals surface area contributed by atoms with Crippen molar-refractivity contribution in [3.63, 3.8) is 0 Å². The van der Waals surface area contributed by atoms with E-state index < -0.39 is 0 Å². The number of thiazole rings is 1. The number of carbonyl (C=O) groups is 1. The van der Waals surface area contributed by atoms with Gasteiger partial charge < -0.3 is 25.3 Å². The van der Waals surface area contributed by atoms with Gasteiger partial charge in [0.25, 0.3) is 5.91 Å². The van der Waals surface area contributed by atoms with Gasteiger partial charge in [0.05, 0.1) is 24.9 Å². The number of benzene rings is 2. The third-order valence-electron chi connectivity index (χ3n) is 6.67. The van der Waals surface area contributed by atoms with Gasteiger partial charge in [-0.15, -0.1) is 0 Å². The quantitative estimate of drug-likeness (QED) is 0.374. The molecule has 0 bridgehead atoms. The maximum absolute atomic E-state index is 12.6. The van der Waals surface area contributed by atoms with E-state index in [0.29, 0.717) is 13.2 Å². The van der Waals surface area contributed by atoms with Crippen LogP contribution in [0.4, 0.5) is 16.5 Å². The summed E-state index contributed by atoms with van der Waals surface area (Å²) in [4.78, 5) is 23.8. The van der Waals surface area contributed by atoms with Gasteiger partial charge in [0.2, 0.25) is 0 Å². The Kier molecular flexibility index (Phi) is 5.50. The number of H-pyrrole nitrogens is 1. The van der Waals surface area contributed by atoms with Gasteiger partial charge in [-0.25, -0.2) is 4.98 Å². The summed E-state index contributed by atoms with van der Waals surface area (Å²) in [5.41, 5.74) is 5.13. The highest BCUT2D eigenvalue weighted by molar-refractivity contribution is 7.17. The minimum Gasteiger partial charge on any atom is -0.377 e. The van der Waals surface area contributed by atoms with Crippen molar-refractivity contribution in [1.29, 1.82) is 0 Å². The molecule has 1 amide bonds. The van der Waals surface area contributed by atoms with Gasteiger partial charge >= 0.3 is 0 Å². The van der Waals surface area contributed by atoms with Gasteiger partial charge in [-0.3, -0.25) is 4.79 Å². The number of anilines is 3. The number of amides is 1. The van der Waals surface area contributed by atoms with Crippen LogP contribution in [0.1, 0.15) is 34.8 Å². The fourth-order valence-electron chi connectivity index (χ4n) is 5.01. The SMILES string of the molecule is CC1(C)Cc2nc(N3CCOCC3Cc3cccc(Nc4ccc5[nH]ccc5c4)c3)sc2C(=O)N1. The molecule has 0 radical (unpaired) electrons. The lowest BCUT2D eigenvalue weighted by Gasteiger charge is -2.35. The van der Waals surface area contributed by atoms with Crippen molar-refractivity contribution in [3.05, 3.63) is 70.9 Å². The number of hydrogen-bond donors (Lipinski definition) is 3. The molecule has 8 heteroatoms. The maximum Gasteiger partial charge on any atom is 0.263 e. The van der Waals surface area contributed by atoms with Crippen molar-refractivity contribution < 1.29 is 9.53 Å². The second kappa shape index (κ2) is 8.70. The smallest absolute Gasteiger partial charge is 0.263 e. The highest BCUT2D eigenvalue weighted by Crippen LogP contribution is 2.34. The first-order valence-electron chi connectivity index (χ1n) is 12.0. The number of morpholine rings is 1. The number of aromatic nitrogens is 2. The molecule has 3 N–H and O–H groups in total. The van der Waals surface area contributed by atoms with Gasteiger partial charge in [0.1, 0.15) is 4.88 Å². The molecule has 0 aliphatic carbocycles. The molecular formula is C27H29N5O2S. The van der Waals surface area contributed by atoms with Crippen molar-refractivity contribution in [1.82, 2.24) is 15.3 Å². The first-order valence-corrected chi connectivity index (χ1v) is 12.8. The van der Waals surface area contributed by atoms with Crippen LogP contribution < -0.4 is 15.5 Å². The van der Waals surface area contributed by atoms with E-state index in [2.05, 4.69) is 69.0 Å². The van der Waals surface area contributed by atoms with Crippen LogP contribution in [0.5, 0.6) is 0 Å². The summed E-state index contributed by atoms with van der Waals surface area (Å²) in [6, 6.07) is 17.1. The molecular weight excluding hydrogens is 458 g/mol. The van der Waals surface area contributed by atoms with E-state index in [9.17, 15) is 4.79 Å². The monoisotopic (exact) mass is 487 g/mol. The van der Waals surface area contributed by atoms with Crippen LogP contribution in [-0.4, -0.2) is 47.2 Å². The number of aromatic amines is 1. The standard InChI is InChI=1S/C27H29N5O2S/c1-27(2)15-23-24(25(33)31-27)35-26(30-23)32-10-11-34-16-21(32)13-17-4-3-5-19(12-17)29-20-6-7-22-18(14-20)8-9-28-22/h3-9,12,14,21,28-29H,10-11,13,15-16H2,1-2H3,(H,31,33). The normalized spacial score (nSPS) is 19.4. The lowest BCUT2D eigenvalue weighted by Crippen LogP contribution is -2.48. The summed E-state index contributed by atoms with van der Waals surface area (Å²) in [5.74, 6) is -0.0126. The zero-order valence-electron chi connectivity index (χ0n) is 19.9. The number of nitrogens with zero attached hydrogens (tertiary/aromatic N) is 2. The summed E-state index contributed by atoms with van der Waals surface area (Å²) in [7, 11) is 0. The summed E-state index contributed by atoms with van der Waals surface area (Å²) in [5, 5.41) is 8.74. The molecule has 1 saturated heterocycles. The zero-order valence-corrected chi connectivity index (χ0v) is 20.7. The van der Waals surface area contributed by atoms with Crippen LogP contribution in [0.3, 0.4) is 0 Å². The van der Waals surface area contributed by atoms with Crippen molar-refractivity contribution in [2.24, 2.45) is 0 Å². The largest absolute Gasteiger partial charge is 0.377 e. The predicted molar refractivity (Wildman–Crippen MR) is 141 cm³/mol. The van der Waals surface area contributed by atoms with E-state index in [0.717, 1.165) is 52.0 Å². The van der Waals surface area contributed by atoms with Crippen molar-refractivity contribution in [3.8, 4) is 0 Å². The van der Waals surface area contributed by atoms with E-state index in [4.69, 9.17) is 9.72 Å². The van der Waals surface area contributed by atoms with Crippen LogP contribution in [-0.2, 0) is 17.6 Å². The number of hydrogen-bond acceptors (Lipinski definition) is 6. The molecule has 1 unspecified atom stereocenters. The second-order valence-electron chi connectivity index (χ2n) is 10.0. The van der Waals surface area contributed by atoms with Crippen LogP contribution >= 0.6 is 11.3 Å². The summed E-state index contributed by atoms with van der Waals surface area (Å²) < 4.78 is 5.86. The van der Waals surface area contributed by atoms with E-state index in [1.807, 2.05) is 20.0 Å². The average molecular weight is 488 g/mol. The number of fused-ring (bicyclic) bond motifs is 2. The Morgan fingerprint density at radius 1 is 1.20 bits per heavy atom. The highest BCUT2D eigenvalue weighted by Gasteiger charge is 2.35. The van der Waals surface area contributed by atoms with Crippen LogP contribution in [0, 0.1) is 0 Å². The maximum atomic E-state index is 12.6. The predicted octanol–water partition coefficient (Wildman–Crippen LogP) is 4.88. The first kappa shape index (κ1) is 22.1. The number of nitrogens with one attached hydrogen (secondary N) is 3. The molecule has 4 heterocycles. The molecule has 0 spiro atoms. The fraction of sp³-hybridized carbons (Fsp3) is 0.333. The minimum absolute atomic E-state index is 0.0126. The molecule has 35 heavy (non-hydrogen) atoms. The molecule has 180 valence electrons. The Morgan fingerprint density at radius 3 is 3.00 bits per heavy atom. The molecule has 2 aromatic carbocycles. The van der Waals surface area contributed by atoms with Crippen molar-refractivity contribution in [2.45, 2.75) is 38.3 Å². The van der Waals surface area contributed by atoms with Crippen molar-refractivity contribution >= 4 is 44.7 Å². The van der Waals surface area contributed by atoms with Gasteiger partial charge in [-0.2, -0.15) is 0 Å². The molecule has 2 aromatic heterocycles. The second-order valence-corrected chi connectivity index (χ2v) is 11.0. The number of ether oxygens (including phenoxy) is 1. The lowest BCUT2D eigenvalue weighted by atomic mass is 9.94. The van der Waals surface area contributed by atoms with E-state index in [-0.39, 0.29) is 17.5 Å². The molecule has 7 nitrogen and oxygen atoms in total. The Labute approximate surface area is 208 Å². The van der Waals surface area contributed by atoms with Crippen LogP contribution in [0.15, 0.2) is 54.7 Å². The van der Waals surface area contributed by atoms with E-state index in [1.54, 1.807) is 0 Å². The topological polar surface area (TPSA) is 82.3 Å². The van der Waals surface area contributed by atoms with Gasteiger partial charge in [-0.05, 0) is 62.2 Å². The van der Waals surface area contributed by atoms with E-state index >= 15 is 0 Å². The van der Waals surface area contributed by atoms with E-state index in [1.165, 1.54) is 22.3 Å². The number of rotatable bonds is 5.